The molecule has 0 radical (unpaired) electrons. The van der Waals surface area contributed by atoms with Gasteiger partial charge in [-0.15, -0.1) is 0 Å². The van der Waals surface area contributed by atoms with Crippen molar-refractivity contribution in [3.63, 3.8) is 0 Å². The number of hydrogen-bond acceptors (Lipinski definition) is 4. The molecule has 18 heavy (non-hydrogen) atoms. The van der Waals surface area contributed by atoms with E-state index in [1.807, 2.05) is 6.92 Å². The Balaban J connectivity index is 2.81. The van der Waals surface area contributed by atoms with Gasteiger partial charge in [0.2, 0.25) is 0 Å². The molecule has 1 heterocycles. The maximum Gasteiger partial charge on any atom is 0.301 e. The predicted octanol–water partition coefficient (Wildman–Crippen LogP) is -0.0802. The van der Waals surface area contributed by atoms with E-state index in [9.17, 15) is 8.42 Å². The van der Waals surface area contributed by atoms with E-state index in [2.05, 4.69) is 9.82 Å². The molecule has 0 amide bonds. The molecule has 0 spiro atoms. The van der Waals surface area contributed by atoms with E-state index in [-0.39, 0.29) is 0 Å². The minimum Gasteiger partial charge on any atom is -0.330 e. The summed E-state index contributed by atoms with van der Waals surface area (Å²) in [5.74, 6) is 0. The number of hydrogen-bond donors (Lipinski definition) is 2. The van der Waals surface area contributed by atoms with E-state index in [4.69, 9.17) is 5.73 Å². The molecule has 1 aromatic rings. The fraction of sp³-hybridized carbons (Fsp3) is 0.700. The molecule has 0 aliphatic heterocycles. The lowest BCUT2D eigenvalue weighted by atomic mass is 10.3. The van der Waals surface area contributed by atoms with Crippen molar-refractivity contribution >= 4 is 15.9 Å². The average Bonchev–Trinajstić information content (AvgIpc) is 2.65. The van der Waals surface area contributed by atoms with E-state index in [0.717, 1.165) is 5.69 Å². The van der Waals surface area contributed by atoms with Crippen LogP contribution in [-0.2, 0) is 23.7 Å². The zero-order valence-corrected chi connectivity index (χ0v) is 11.9. The molecule has 0 saturated carbocycles. The molecule has 1 rings (SSSR count). The first-order valence-electron chi connectivity index (χ1n) is 5.87. The Labute approximate surface area is 108 Å². The van der Waals surface area contributed by atoms with Crippen molar-refractivity contribution in [3.8, 4) is 0 Å². The molecule has 0 aromatic carbocycles. The molecule has 0 atom stereocenters. The number of nitrogens with zero attached hydrogens (tertiary/aromatic N) is 3. The molecule has 0 saturated heterocycles. The Kier molecular flexibility index (Phi) is 5.12. The van der Waals surface area contributed by atoms with Gasteiger partial charge in [0.25, 0.3) is 0 Å². The van der Waals surface area contributed by atoms with Crippen LogP contribution in [0.1, 0.15) is 19.0 Å². The molecule has 104 valence electrons. The van der Waals surface area contributed by atoms with Gasteiger partial charge in [0.15, 0.2) is 0 Å². The lowest BCUT2D eigenvalue weighted by molar-refractivity contribution is 0.468. The molecular weight excluding hydrogens is 254 g/mol. The van der Waals surface area contributed by atoms with Crippen molar-refractivity contribution < 1.29 is 8.42 Å². The molecule has 0 aliphatic rings. The average molecular weight is 275 g/mol. The Morgan fingerprint density at radius 1 is 1.56 bits per heavy atom. The quantitative estimate of drug-likeness (QED) is 0.728. The first kappa shape index (κ1) is 14.9. The van der Waals surface area contributed by atoms with Gasteiger partial charge < -0.3 is 5.73 Å². The second-order valence-electron chi connectivity index (χ2n) is 4.09. The fourth-order valence-corrected chi connectivity index (χ4v) is 2.51. The van der Waals surface area contributed by atoms with E-state index in [1.54, 1.807) is 17.9 Å². The highest BCUT2D eigenvalue weighted by Crippen LogP contribution is 2.16. The van der Waals surface area contributed by atoms with Crippen LogP contribution in [0.3, 0.4) is 0 Å². The molecule has 0 fully saturated rings. The summed E-state index contributed by atoms with van der Waals surface area (Å²) in [5.41, 5.74) is 6.62. The largest absolute Gasteiger partial charge is 0.330 e. The fourth-order valence-electron chi connectivity index (χ4n) is 1.53. The molecule has 3 N–H and O–H groups in total. The summed E-state index contributed by atoms with van der Waals surface area (Å²) in [6, 6.07) is 0. The van der Waals surface area contributed by atoms with Gasteiger partial charge in [-0.3, -0.25) is 9.40 Å². The van der Waals surface area contributed by atoms with E-state index >= 15 is 0 Å². The minimum absolute atomic E-state index is 0.396. The number of nitrogens with one attached hydrogen (secondary N) is 1. The van der Waals surface area contributed by atoms with Crippen LogP contribution in [0.5, 0.6) is 0 Å². The van der Waals surface area contributed by atoms with Gasteiger partial charge >= 0.3 is 10.2 Å². The number of aryl methyl sites for hydroxylation is 2. The van der Waals surface area contributed by atoms with Crippen molar-refractivity contribution in [2.75, 3.05) is 24.9 Å². The normalized spacial score (nSPS) is 12.1. The van der Waals surface area contributed by atoms with E-state index < -0.39 is 10.2 Å². The van der Waals surface area contributed by atoms with Crippen LogP contribution < -0.4 is 10.5 Å². The van der Waals surface area contributed by atoms with Crippen LogP contribution in [0, 0.1) is 0 Å². The second kappa shape index (κ2) is 6.17. The topological polar surface area (TPSA) is 93.2 Å². The van der Waals surface area contributed by atoms with Crippen LogP contribution in [0.25, 0.3) is 0 Å². The maximum absolute atomic E-state index is 12.0. The summed E-state index contributed by atoms with van der Waals surface area (Å²) < 4.78 is 29.4. The highest BCUT2D eigenvalue weighted by Gasteiger charge is 2.19. The van der Waals surface area contributed by atoms with Gasteiger partial charge in [-0.2, -0.15) is 17.8 Å². The van der Waals surface area contributed by atoms with Gasteiger partial charge in [0.1, 0.15) is 0 Å². The molecular formula is C10H21N5O2S. The first-order valence-corrected chi connectivity index (χ1v) is 7.31. The predicted molar refractivity (Wildman–Crippen MR) is 71.4 cm³/mol. The maximum atomic E-state index is 12.0. The van der Waals surface area contributed by atoms with Crippen molar-refractivity contribution in [3.05, 3.63) is 11.9 Å². The van der Waals surface area contributed by atoms with Crippen molar-refractivity contribution in [2.24, 2.45) is 12.8 Å². The SMILES string of the molecule is CCc1nn(C)cc1NS(=O)(=O)N(C)CCCN. The summed E-state index contributed by atoms with van der Waals surface area (Å²) >= 11 is 0. The molecule has 0 aliphatic carbocycles. The Bertz CT molecular complexity index is 482. The summed E-state index contributed by atoms with van der Waals surface area (Å²) in [6.07, 6.45) is 2.96. The Hall–Kier alpha value is -1.12. The van der Waals surface area contributed by atoms with Crippen LogP contribution in [-0.4, -0.2) is 42.6 Å². The van der Waals surface area contributed by atoms with Crippen LogP contribution in [0.15, 0.2) is 6.20 Å². The second-order valence-corrected chi connectivity index (χ2v) is 5.87. The standard InChI is InChI=1S/C10H21N5O2S/c1-4-9-10(8-14(2)12-9)13-18(16,17)15(3)7-5-6-11/h8,13H,4-7,11H2,1-3H3. The van der Waals surface area contributed by atoms with Crippen molar-refractivity contribution in [1.29, 1.82) is 0 Å². The smallest absolute Gasteiger partial charge is 0.301 e. The summed E-state index contributed by atoms with van der Waals surface area (Å²) in [4.78, 5) is 0. The molecule has 0 unspecified atom stereocenters. The summed E-state index contributed by atoms with van der Waals surface area (Å²) in [5, 5.41) is 4.19. The molecule has 8 heteroatoms. The lowest BCUT2D eigenvalue weighted by Crippen LogP contribution is -2.34. The number of aromatic nitrogens is 2. The highest BCUT2D eigenvalue weighted by atomic mass is 32.2. The van der Waals surface area contributed by atoms with Gasteiger partial charge in [0.05, 0.1) is 11.4 Å². The monoisotopic (exact) mass is 275 g/mol. The molecule has 0 bridgehead atoms. The van der Waals surface area contributed by atoms with Crippen LogP contribution in [0.4, 0.5) is 5.69 Å². The van der Waals surface area contributed by atoms with E-state index in [1.165, 1.54) is 11.4 Å². The summed E-state index contributed by atoms with van der Waals surface area (Å²) in [7, 11) is -0.244. The number of rotatable bonds is 7. The molecule has 7 nitrogen and oxygen atoms in total. The number of nitrogens with two attached hydrogens (primary N) is 1. The molecule has 1 aromatic heterocycles. The van der Waals surface area contributed by atoms with Gasteiger partial charge in [-0.1, -0.05) is 6.92 Å². The van der Waals surface area contributed by atoms with Crippen LogP contribution >= 0.6 is 0 Å². The lowest BCUT2D eigenvalue weighted by Gasteiger charge is -2.17. The van der Waals surface area contributed by atoms with Gasteiger partial charge in [-0.05, 0) is 19.4 Å². The third-order valence-electron chi connectivity index (χ3n) is 2.57. The summed E-state index contributed by atoms with van der Waals surface area (Å²) in [6.45, 7) is 2.79. The zero-order chi connectivity index (χ0) is 13.8. The Morgan fingerprint density at radius 3 is 2.78 bits per heavy atom. The van der Waals surface area contributed by atoms with E-state index in [0.29, 0.717) is 31.6 Å². The van der Waals surface area contributed by atoms with Crippen molar-refractivity contribution in [2.45, 2.75) is 19.8 Å². The van der Waals surface area contributed by atoms with Gasteiger partial charge in [0, 0.05) is 26.8 Å². The third kappa shape index (κ3) is 3.69. The first-order chi connectivity index (χ1) is 8.40. The zero-order valence-electron chi connectivity index (χ0n) is 11.0. The highest BCUT2D eigenvalue weighted by molar-refractivity contribution is 7.90. The van der Waals surface area contributed by atoms with Gasteiger partial charge in [-0.25, -0.2) is 0 Å². The Morgan fingerprint density at radius 2 is 2.22 bits per heavy atom. The van der Waals surface area contributed by atoms with Crippen molar-refractivity contribution in [1.82, 2.24) is 14.1 Å². The van der Waals surface area contributed by atoms with Crippen LogP contribution in [0.2, 0.25) is 0 Å². The minimum atomic E-state index is -3.53. The third-order valence-corrected chi connectivity index (χ3v) is 4.05. The number of anilines is 1.